The first-order valence-electron chi connectivity index (χ1n) is 8.72. The number of amides is 1. The van der Waals surface area contributed by atoms with Gasteiger partial charge in [0.25, 0.3) is 0 Å². The van der Waals surface area contributed by atoms with Crippen LogP contribution in [0.5, 0.6) is 0 Å². The first-order valence-corrected chi connectivity index (χ1v) is 8.72. The van der Waals surface area contributed by atoms with Crippen molar-refractivity contribution in [3.05, 3.63) is 47.3 Å². The van der Waals surface area contributed by atoms with E-state index in [0.717, 1.165) is 42.1 Å². The number of nitrogens with one attached hydrogen (secondary N) is 2. The third-order valence-corrected chi connectivity index (χ3v) is 4.65. The van der Waals surface area contributed by atoms with Gasteiger partial charge in [0.15, 0.2) is 0 Å². The van der Waals surface area contributed by atoms with E-state index in [1.165, 1.54) is 6.42 Å². The van der Waals surface area contributed by atoms with Gasteiger partial charge in [-0.1, -0.05) is 18.2 Å². The summed E-state index contributed by atoms with van der Waals surface area (Å²) in [5, 5.41) is 11.0. The molecule has 136 valence electrons. The molecule has 1 atom stereocenters. The van der Waals surface area contributed by atoms with Gasteiger partial charge in [-0.15, -0.1) is 12.4 Å². The molecular formula is C19H27ClN4O. The van der Waals surface area contributed by atoms with Gasteiger partial charge >= 0.3 is 0 Å². The van der Waals surface area contributed by atoms with Crippen LogP contribution in [0.15, 0.2) is 30.3 Å². The number of carbonyl (C=O) groups excluding carboxylic acids is 1. The van der Waals surface area contributed by atoms with Gasteiger partial charge < -0.3 is 10.6 Å². The molecule has 2 heterocycles. The maximum atomic E-state index is 12.1. The van der Waals surface area contributed by atoms with Gasteiger partial charge in [0.05, 0.1) is 11.4 Å². The second-order valence-corrected chi connectivity index (χ2v) is 6.64. The van der Waals surface area contributed by atoms with Crippen LogP contribution >= 0.6 is 12.4 Å². The zero-order valence-corrected chi connectivity index (χ0v) is 15.7. The fourth-order valence-corrected chi connectivity index (χ4v) is 3.32. The summed E-state index contributed by atoms with van der Waals surface area (Å²) in [6.07, 6.45) is 2.76. The maximum absolute atomic E-state index is 12.1. The molecule has 1 unspecified atom stereocenters. The first-order chi connectivity index (χ1) is 11.6. The lowest BCUT2D eigenvalue weighted by Gasteiger charge is -2.13. The molecule has 6 heteroatoms. The quantitative estimate of drug-likeness (QED) is 0.830. The summed E-state index contributed by atoms with van der Waals surface area (Å²) >= 11 is 0. The van der Waals surface area contributed by atoms with E-state index in [4.69, 9.17) is 0 Å². The van der Waals surface area contributed by atoms with E-state index in [-0.39, 0.29) is 18.3 Å². The minimum absolute atomic E-state index is 0. The van der Waals surface area contributed by atoms with Crippen molar-refractivity contribution >= 4 is 18.3 Å². The maximum Gasteiger partial charge on any atom is 0.220 e. The Balaban J connectivity index is 0.00000225. The van der Waals surface area contributed by atoms with Crippen LogP contribution in [0.3, 0.4) is 0 Å². The summed E-state index contributed by atoms with van der Waals surface area (Å²) in [5.41, 5.74) is 4.21. The molecule has 3 rings (SSSR count). The average molecular weight is 363 g/mol. The molecule has 1 aromatic carbocycles. The Labute approximate surface area is 155 Å². The van der Waals surface area contributed by atoms with Gasteiger partial charge in [-0.3, -0.25) is 4.79 Å². The number of hydrogen-bond donors (Lipinski definition) is 2. The summed E-state index contributed by atoms with van der Waals surface area (Å²) in [4.78, 5) is 12.1. The van der Waals surface area contributed by atoms with Crippen LogP contribution in [0.1, 0.15) is 36.2 Å². The highest BCUT2D eigenvalue weighted by atomic mass is 35.5. The highest BCUT2D eigenvalue weighted by molar-refractivity contribution is 5.85. The number of rotatable bonds is 6. The molecule has 0 saturated carbocycles. The van der Waals surface area contributed by atoms with Crippen LogP contribution in [0.4, 0.5) is 0 Å². The third-order valence-electron chi connectivity index (χ3n) is 4.65. The molecule has 0 aliphatic carbocycles. The lowest BCUT2D eigenvalue weighted by Crippen LogP contribution is -2.24. The molecular weight excluding hydrogens is 336 g/mol. The van der Waals surface area contributed by atoms with Crippen LogP contribution in [-0.4, -0.2) is 28.8 Å². The van der Waals surface area contributed by atoms with E-state index in [0.29, 0.717) is 18.9 Å². The van der Waals surface area contributed by atoms with Gasteiger partial charge in [-0.05, 0) is 63.4 Å². The normalized spacial score (nSPS) is 16.5. The predicted molar refractivity (Wildman–Crippen MR) is 102 cm³/mol. The summed E-state index contributed by atoms with van der Waals surface area (Å²) in [6.45, 7) is 6.71. The van der Waals surface area contributed by atoms with Gasteiger partial charge in [-0.25, -0.2) is 4.68 Å². The van der Waals surface area contributed by atoms with E-state index in [9.17, 15) is 4.79 Å². The van der Waals surface area contributed by atoms with Crippen molar-refractivity contribution in [3.63, 3.8) is 0 Å². The third kappa shape index (κ3) is 5.06. The fourth-order valence-electron chi connectivity index (χ4n) is 3.32. The molecule has 1 aliphatic heterocycles. The number of para-hydroxylation sites is 1. The van der Waals surface area contributed by atoms with E-state index < -0.39 is 0 Å². The molecule has 1 fully saturated rings. The van der Waals surface area contributed by atoms with Crippen molar-refractivity contribution < 1.29 is 4.79 Å². The fraction of sp³-hybridized carbons (Fsp3) is 0.474. The van der Waals surface area contributed by atoms with E-state index >= 15 is 0 Å². The Morgan fingerprint density at radius 1 is 1.36 bits per heavy atom. The van der Waals surface area contributed by atoms with Crippen LogP contribution in [0.2, 0.25) is 0 Å². The van der Waals surface area contributed by atoms with Crippen LogP contribution in [0, 0.1) is 19.8 Å². The Bertz CT molecular complexity index is 707. The van der Waals surface area contributed by atoms with Gasteiger partial charge in [0.1, 0.15) is 0 Å². The zero-order valence-electron chi connectivity index (χ0n) is 14.9. The number of carbonyl (C=O) groups is 1. The average Bonchev–Trinajstić information content (AvgIpc) is 3.20. The van der Waals surface area contributed by atoms with E-state index in [1.807, 2.05) is 42.8 Å². The van der Waals surface area contributed by atoms with Gasteiger partial charge in [-0.2, -0.15) is 5.10 Å². The molecule has 1 aliphatic rings. The monoisotopic (exact) mass is 362 g/mol. The molecule has 1 amide bonds. The van der Waals surface area contributed by atoms with Gasteiger partial charge in [0.2, 0.25) is 5.91 Å². The number of aromatic nitrogens is 2. The number of hydrogen-bond acceptors (Lipinski definition) is 3. The Morgan fingerprint density at radius 3 is 2.84 bits per heavy atom. The second kappa shape index (κ2) is 9.02. The molecule has 2 aromatic rings. The summed E-state index contributed by atoms with van der Waals surface area (Å²) in [6, 6.07) is 10.2. The number of benzene rings is 1. The largest absolute Gasteiger partial charge is 0.352 e. The molecule has 1 saturated heterocycles. The molecule has 0 radical (unpaired) electrons. The smallest absolute Gasteiger partial charge is 0.220 e. The minimum Gasteiger partial charge on any atom is -0.352 e. The van der Waals surface area contributed by atoms with E-state index in [1.54, 1.807) is 0 Å². The SMILES string of the molecule is Cc1cc(C)n(-c2ccccc2CNC(=O)CCC2CCNC2)n1.Cl. The van der Waals surface area contributed by atoms with Crippen molar-refractivity contribution in [2.24, 2.45) is 5.92 Å². The molecule has 2 N–H and O–H groups in total. The van der Waals surface area contributed by atoms with Crippen molar-refractivity contribution in [2.75, 3.05) is 13.1 Å². The van der Waals surface area contributed by atoms with Crippen LogP contribution in [-0.2, 0) is 11.3 Å². The molecule has 25 heavy (non-hydrogen) atoms. The number of aryl methyl sites for hydroxylation is 2. The molecule has 5 nitrogen and oxygen atoms in total. The second-order valence-electron chi connectivity index (χ2n) is 6.64. The summed E-state index contributed by atoms with van der Waals surface area (Å²) in [5.74, 6) is 0.780. The van der Waals surface area contributed by atoms with Crippen LogP contribution < -0.4 is 10.6 Å². The topological polar surface area (TPSA) is 59.0 Å². The summed E-state index contributed by atoms with van der Waals surface area (Å²) in [7, 11) is 0. The number of nitrogens with zero attached hydrogens (tertiary/aromatic N) is 2. The summed E-state index contributed by atoms with van der Waals surface area (Å²) < 4.78 is 1.95. The zero-order chi connectivity index (χ0) is 16.9. The first kappa shape index (κ1) is 19.5. The minimum atomic E-state index is 0. The van der Waals surface area contributed by atoms with E-state index in [2.05, 4.69) is 21.8 Å². The standard InChI is InChI=1S/C19H26N4O.ClH/c1-14-11-15(2)23(22-14)18-6-4-3-5-17(18)13-21-19(24)8-7-16-9-10-20-12-16;/h3-6,11,16,20H,7-10,12-13H2,1-2H3,(H,21,24);1H. The predicted octanol–water partition coefficient (Wildman–Crippen LogP) is 2.92. The van der Waals surface area contributed by atoms with Crippen molar-refractivity contribution in [3.8, 4) is 5.69 Å². The van der Waals surface area contributed by atoms with Crippen molar-refractivity contribution in [1.29, 1.82) is 0 Å². The number of halogens is 1. The van der Waals surface area contributed by atoms with Crippen LogP contribution in [0.25, 0.3) is 5.69 Å². The lowest BCUT2D eigenvalue weighted by atomic mass is 10.0. The molecule has 0 bridgehead atoms. The highest BCUT2D eigenvalue weighted by Gasteiger charge is 2.16. The Hall–Kier alpha value is -1.85. The highest BCUT2D eigenvalue weighted by Crippen LogP contribution is 2.17. The Morgan fingerprint density at radius 2 is 2.16 bits per heavy atom. The molecule has 0 spiro atoms. The van der Waals surface area contributed by atoms with Gasteiger partial charge in [0, 0.05) is 18.7 Å². The van der Waals surface area contributed by atoms with Crippen molar-refractivity contribution in [2.45, 2.75) is 39.7 Å². The van der Waals surface area contributed by atoms with Crippen molar-refractivity contribution in [1.82, 2.24) is 20.4 Å². The lowest BCUT2D eigenvalue weighted by molar-refractivity contribution is -0.121. The molecule has 1 aromatic heterocycles. The Kier molecular flexibility index (Phi) is 7.02.